The molecule has 0 saturated heterocycles. The van der Waals surface area contributed by atoms with Gasteiger partial charge in [0.2, 0.25) is 0 Å². The zero-order chi connectivity index (χ0) is 6.81. The number of hydrogen-bond acceptors (Lipinski definition) is 3. The number of tetrazole rings is 1. The van der Waals surface area contributed by atoms with Crippen molar-refractivity contribution in [3.8, 4) is 5.82 Å². The van der Waals surface area contributed by atoms with Crippen LogP contribution in [0.5, 0.6) is 0 Å². The van der Waals surface area contributed by atoms with E-state index in [0.29, 0.717) is 0 Å². The number of aromatic amines is 1. The largest absolute Gasteiger partial charge is 0.347 e. The molecule has 2 heterocycles. The van der Waals surface area contributed by atoms with Crippen molar-refractivity contribution in [2.24, 2.45) is 0 Å². The molecule has 0 radical (unpaired) electrons. The Morgan fingerprint density at radius 2 is 2.50 bits per heavy atom. The third-order valence-corrected chi connectivity index (χ3v) is 1.18. The summed E-state index contributed by atoms with van der Waals surface area (Å²) >= 11 is 0. The second-order valence-corrected chi connectivity index (χ2v) is 1.81. The van der Waals surface area contributed by atoms with E-state index in [1.54, 1.807) is 4.68 Å². The van der Waals surface area contributed by atoms with E-state index in [2.05, 4.69) is 20.5 Å². The lowest BCUT2D eigenvalue weighted by molar-refractivity contribution is 0.775. The van der Waals surface area contributed by atoms with Crippen molar-refractivity contribution in [2.75, 3.05) is 0 Å². The molecule has 10 heavy (non-hydrogen) atoms. The zero-order valence-corrected chi connectivity index (χ0v) is 5.10. The summed E-state index contributed by atoms with van der Waals surface area (Å²) < 4.78 is 1.56. The molecule has 0 aliphatic heterocycles. The van der Waals surface area contributed by atoms with Gasteiger partial charge in [-0.1, -0.05) is 0 Å². The van der Waals surface area contributed by atoms with Gasteiger partial charge in [0.25, 0.3) is 0 Å². The van der Waals surface area contributed by atoms with Gasteiger partial charge in [-0.25, -0.2) is 0 Å². The topological polar surface area (TPSA) is 59.4 Å². The summed E-state index contributed by atoms with van der Waals surface area (Å²) in [5, 5.41) is 10.7. The zero-order valence-electron chi connectivity index (χ0n) is 5.10. The second-order valence-electron chi connectivity index (χ2n) is 1.81. The predicted octanol–water partition coefficient (Wildman–Crippen LogP) is -0.00960. The molecule has 0 aliphatic rings. The van der Waals surface area contributed by atoms with E-state index in [9.17, 15) is 0 Å². The minimum absolute atomic E-state index is 0.866. The summed E-state index contributed by atoms with van der Waals surface area (Å²) in [5.74, 6) is 0.866. The first-order chi connectivity index (χ1) is 4.97. The fourth-order valence-electron chi connectivity index (χ4n) is 0.735. The lowest BCUT2D eigenvalue weighted by Gasteiger charge is -1.89. The average molecular weight is 135 g/mol. The van der Waals surface area contributed by atoms with Crippen LogP contribution in [0.25, 0.3) is 5.82 Å². The monoisotopic (exact) mass is 135 g/mol. The summed E-state index contributed by atoms with van der Waals surface area (Å²) in [7, 11) is 0. The predicted molar refractivity (Wildman–Crippen MR) is 33.5 cm³/mol. The number of rotatable bonds is 1. The highest BCUT2D eigenvalue weighted by Crippen LogP contribution is 1.97. The molecule has 0 aromatic carbocycles. The standard InChI is InChI=1S/C5H5N5/c1-2-5(6-3-1)10-4-7-8-9-10/h1-4,6H. The second kappa shape index (κ2) is 1.94. The van der Waals surface area contributed by atoms with Gasteiger partial charge < -0.3 is 4.98 Å². The summed E-state index contributed by atoms with van der Waals surface area (Å²) in [5.41, 5.74) is 0. The lowest BCUT2D eigenvalue weighted by atomic mass is 10.6. The van der Waals surface area contributed by atoms with Crippen LogP contribution < -0.4 is 0 Å². The van der Waals surface area contributed by atoms with Gasteiger partial charge in [0, 0.05) is 6.20 Å². The number of nitrogens with zero attached hydrogens (tertiary/aromatic N) is 4. The first-order valence-corrected chi connectivity index (χ1v) is 2.83. The van der Waals surface area contributed by atoms with Gasteiger partial charge in [-0.2, -0.15) is 4.68 Å². The number of nitrogens with one attached hydrogen (secondary N) is 1. The summed E-state index contributed by atoms with van der Waals surface area (Å²) in [6.07, 6.45) is 3.35. The lowest BCUT2D eigenvalue weighted by Crippen LogP contribution is -1.93. The van der Waals surface area contributed by atoms with Crippen LogP contribution in [-0.2, 0) is 0 Å². The minimum atomic E-state index is 0.866. The van der Waals surface area contributed by atoms with Crippen molar-refractivity contribution in [1.29, 1.82) is 0 Å². The first-order valence-electron chi connectivity index (χ1n) is 2.83. The molecule has 0 amide bonds. The van der Waals surface area contributed by atoms with Crippen molar-refractivity contribution in [1.82, 2.24) is 25.2 Å². The average Bonchev–Trinajstić information content (AvgIpc) is 2.59. The molecule has 0 fully saturated rings. The third-order valence-electron chi connectivity index (χ3n) is 1.18. The van der Waals surface area contributed by atoms with Crippen molar-refractivity contribution in [3.63, 3.8) is 0 Å². The third kappa shape index (κ3) is 0.680. The van der Waals surface area contributed by atoms with Crippen LogP contribution >= 0.6 is 0 Å². The number of hydrogen-bond donors (Lipinski definition) is 1. The molecule has 5 nitrogen and oxygen atoms in total. The summed E-state index contributed by atoms with van der Waals surface area (Å²) in [4.78, 5) is 2.96. The maximum absolute atomic E-state index is 3.68. The van der Waals surface area contributed by atoms with E-state index in [0.717, 1.165) is 5.82 Å². The molecule has 0 bridgehead atoms. The van der Waals surface area contributed by atoms with Gasteiger partial charge in [-0.05, 0) is 22.6 Å². The Kier molecular flexibility index (Phi) is 1.00. The van der Waals surface area contributed by atoms with Crippen molar-refractivity contribution in [3.05, 3.63) is 24.7 Å². The Bertz CT molecular complexity index is 249. The highest BCUT2D eigenvalue weighted by atomic mass is 15.5. The fourth-order valence-corrected chi connectivity index (χ4v) is 0.735. The van der Waals surface area contributed by atoms with Crippen molar-refractivity contribution < 1.29 is 0 Å². The maximum atomic E-state index is 3.68. The van der Waals surface area contributed by atoms with Gasteiger partial charge in [-0.3, -0.25) is 0 Å². The van der Waals surface area contributed by atoms with Crippen LogP contribution in [-0.4, -0.2) is 25.2 Å². The molecule has 1 N–H and O–H groups in total. The van der Waals surface area contributed by atoms with Gasteiger partial charge in [0.1, 0.15) is 12.1 Å². The Hall–Kier alpha value is -1.65. The molecular weight excluding hydrogens is 130 g/mol. The smallest absolute Gasteiger partial charge is 0.145 e. The van der Waals surface area contributed by atoms with Gasteiger partial charge >= 0.3 is 0 Å². The van der Waals surface area contributed by atoms with E-state index in [1.807, 2.05) is 18.3 Å². The van der Waals surface area contributed by atoms with Crippen LogP contribution in [0.4, 0.5) is 0 Å². The molecule has 0 aliphatic carbocycles. The minimum Gasteiger partial charge on any atom is -0.347 e. The molecular formula is C5H5N5. The van der Waals surface area contributed by atoms with Crippen LogP contribution in [0.15, 0.2) is 24.7 Å². The van der Waals surface area contributed by atoms with Gasteiger partial charge in [0.05, 0.1) is 0 Å². The van der Waals surface area contributed by atoms with E-state index < -0.39 is 0 Å². The normalized spacial score (nSPS) is 10.0. The maximum Gasteiger partial charge on any atom is 0.145 e. The Morgan fingerprint density at radius 1 is 1.50 bits per heavy atom. The van der Waals surface area contributed by atoms with Gasteiger partial charge in [-0.15, -0.1) is 5.10 Å². The molecule has 0 unspecified atom stereocenters. The molecule has 0 saturated carbocycles. The number of aromatic nitrogens is 5. The van der Waals surface area contributed by atoms with Crippen molar-refractivity contribution >= 4 is 0 Å². The first kappa shape index (κ1) is 5.16. The van der Waals surface area contributed by atoms with Crippen LogP contribution in [0.2, 0.25) is 0 Å². The molecule has 0 spiro atoms. The number of H-pyrrole nitrogens is 1. The molecule has 2 aromatic heterocycles. The van der Waals surface area contributed by atoms with Crippen LogP contribution in [0, 0.1) is 0 Å². The fraction of sp³-hybridized carbons (Fsp3) is 0. The molecule has 5 heteroatoms. The van der Waals surface area contributed by atoms with E-state index in [-0.39, 0.29) is 0 Å². The molecule has 50 valence electrons. The highest BCUT2D eigenvalue weighted by Gasteiger charge is 1.94. The molecule has 0 atom stereocenters. The molecule has 2 rings (SSSR count). The Labute approximate surface area is 56.7 Å². The van der Waals surface area contributed by atoms with E-state index in [4.69, 9.17) is 0 Å². The molecule has 2 aromatic rings. The van der Waals surface area contributed by atoms with E-state index in [1.165, 1.54) is 6.33 Å². The quantitative estimate of drug-likeness (QED) is 0.598. The highest BCUT2D eigenvalue weighted by molar-refractivity contribution is 5.18. The van der Waals surface area contributed by atoms with E-state index >= 15 is 0 Å². The Balaban J connectivity index is 2.48. The Morgan fingerprint density at radius 3 is 3.10 bits per heavy atom. The SMILES string of the molecule is c1c[nH]c(-n2cnnn2)c1. The van der Waals surface area contributed by atoms with Gasteiger partial charge in [0.15, 0.2) is 0 Å². The summed E-state index contributed by atoms with van der Waals surface area (Å²) in [6.45, 7) is 0. The summed E-state index contributed by atoms with van der Waals surface area (Å²) in [6, 6.07) is 3.77. The van der Waals surface area contributed by atoms with Crippen molar-refractivity contribution in [2.45, 2.75) is 0 Å². The van der Waals surface area contributed by atoms with Crippen LogP contribution in [0.3, 0.4) is 0 Å². The van der Waals surface area contributed by atoms with Crippen LogP contribution in [0.1, 0.15) is 0 Å².